The van der Waals surface area contributed by atoms with E-state index < -0.39 is 16.0 Å². The molecule has 20 heavy (non-hydrogen) atoms. The van der Waals surface area contributed by atoms with Crippen LogP contribution in [0.25, 0.3) is 0 Å². The van der Waals surface area contributed by atoms with E-state index in [9.17, 15) is 13.2 Å². The summed E-state index contributed by atoms with van der Waals surface area (Å²) in [5, 5.41) is 8.98. The van der Waals surface area contributed by atoms with Gasteiger partial charge in [-0.1, -0.05) is 13.3 Å². The van der Waals surface area contributed by atoms with Gasteiger partial charge < -0.3 is 5.11 Å². The third-order valence-corrected chi connectivity index (χ3v) is 6.97. The lowest BCUT2D eigenvalue weighted by atomic mass is 9.85. The van der Waals surface area contributed by atoms with E-state index in [4.69, 9.17) is 5.11 Å². The highest BCUT2D eigenvalue weighted by molar-refractivity contribution is 7.89. The van der Waals surface area contributed by atoms with Gasteiger partial charge in [-0.2, -0.15) is 4.31 Å². The summed E-state index contributed by atoms with van der Waals surface area (Å²) in [6.45, 7) is 4.42. The number of thiophene rings is 1. The second-order valence-electron chi connectivity index (χ2n) is 5.09. The molecule has 1 heterocycles. The van der Waals surface area contributed by atoms with E-state index in [1.54, 1.807) is 6.92 Å². The zero-order chi connectivity index (χ0) is 14.9. The van der Waals surface area contributed by atoms with E-state index in [0.717, 1.165) is 24.2 Å². The SMILES string of the molecule is CCN(CC1CCC1)S(=O)(=O)c1cc(C(=O)O)sc1C. The Balaban J connectivity index is 2.29. The Morgan fingerprint density at radius 2 is 2.15 bits per heavy atom. The molecule has 1 aliphatic rings. The van der Waals surface area contributed by atoms with Gasteiger partial charge in [-0.15, -0.1) is 11.3 Å². The molecule has 7 heteroatoms. The van der Waals surface area contributed by atoms with Crippen molar-refractivity contribution in [3.63, 3.8) is 0 Å². The smallest absolute Gasteiger partial charge is 0.345 e. The topological polar surface area (TPSA) is 74.7 Å². The fraction of sp³-hybridized carbons (Fsp3) is 0.615. The van der Waals surface area contributed by atoms with Crippen molar-refractivity contribution >= 4 is 27.3 Å². The Bertz CT molecular complexity index is 602. The second kappa shape index (κ2) is 5.83. The van der Waals surface area contributed by atoms with Gasteiger partial charge in [0.2, 0.25) is 10.0 Å². The molecule has 0 saturated heterocycles. The summed E-state index contributed by atoms with van der Waals surface area (Å²) in [5.74, 6) is -0.635. The van der Waals surface area contributed by atoms with E-state index >= 15 is 0 Å². The number of nitrogens with zero attached hydrogens (tertiary/aromatic N) is 1. The molecule has 0 atom stereocenters. The summed E-state index contributed by atoms with van der Waals surface area (Å²) in [5.41, 5.74) is 0. The van der Waals surface area contributed by atoms with Crippen molar-refractivity contribution in [3.8, 4) is 0 Å². The van der Waals surface area contributed by atoms with Gasteiger partial charge in [0, 0.05) is 18.0 Å². The lowest BCUT2D eigenvalue weighted by Crippen LogP contribution is -2.37. The molecule has 0 aromatic carbocycles. The Morgan fingerprint density at radius 1 is 1.50 bits per heavy atom. The van der Waals surface area contributed by atoms with Crippen molar-refractivity contribution in [1.29, 1.82) is 0 Å². The number of sulfonamides is 1. The molecule has 0 spiro atoms. The minimum Gasteiger partial charge on any atom is -0.477 e. The van der Waals surface area contributed by atoms with Crippen LogP contribution in [0.2, 0.25) is 0 Å². The predicted octanol–water partition coefficient (Wildman–Crippen LogP) is 2.57. The van der Waals surface area contributed by atoms with Crippen LogP contribution in [0.3, 0.4) is 0 Å². The van der Waals surface area contributed by atoms with Crippen molar-refractivity contribution in [1.82, 2.24) is 4.31 Å². The van der Waals surface area contributed by atoms with E-state index in [2.05, 4.69) is 0 Å². The summed E-state index contributed by atoms with van der Waals surface area (Å²) >= 11 is 1.01. The molecule has 112 valence electrons. The molecule has 1 fully saturated rings. The Kier molecular flexibility index (Phi) is 4.51. The number of aryl methyl sites for hydroxylation is 1. The number of aromatic carboxylic acids is 1. The number of hydrogen-bond acceptors (Lipinski definition) is 4. The molecule has 0 bridgehead atoms. The molecular weight excluding hydrogens is 298 g/mol. The summed E-state index contributed by atoms with van der Waals surface area (Å²) in [6, 6.07) is 1.28. The number of carboxylic acids is 1. The summed E-state index contributed by atoms with van der Waals surface area (Å²) in [6.07, 6.45) is 3.33. The first-order valence-corrected chi connectivity index (χ1v) is 8.95. The van der Waals surface area contributed by atoms with Crippen molar-refractivity contribution in [3.05, 3.63) is 15.8 Å². The first-order chi connectivity index (χ1) is 9.36. The molecular formula is C13H19NO4S2. The van der Waals surface area contributed by atoms with E-state index in [1.165, 1.54) is 16.8 Å². The van der Waals surface area contributed by atoms with Crippen molar-refractivity contribution in [2.75, 3.05) is 13.1 Å². The Labute approximate surface area is 123 Å². The van der Waals surface area contributed by atoms with Crippen LogP contribution in [-0.4, -0.2) is 36.9 Å². The van der Waals surface area contributed by atoms with Crippen LogP contribution in [0, 0.1) is 12.8 Å². The maximum Gasteiger partial charge on any atom is 0.345 e. The van der Waals surface area contributed by atoms with Crippen molar-refractivity contribution in [2.45, 2.75) is 38.0 Å². The van der Waals surface area contributed by atoms with Gasteiger partial charge in [0.1, 0.15) is 4.88 Å². The predicted molar refractivity (Wildman–Crippen MR) is 77.8 cm³/mol. The molecule has 1 aromatic heterocycles. The lowest BCUT2D eigenvalue weighted by Gasteiger charge is -2.31. The fourth-order valence-corrected chi connectivity index (χ4v) is 5.25. The first kappa shape index (κ1) is 15.5. The zero-order valence-electron chi connectivity index (χ0n) is 11.6. The van der Waals surface area contributed by atoms with Gasteiger partial charge >= 0.3 is 5.97 Å². The van der Waals surface area contributed by atoms with Crippen LogP contribution >= 0.6 is 11.3 Å². The van der Waals surface area contributed by atoms with Crippen LogP contribution in [0.15, 0.2) is 11.0 Å². The number of carboxylic acid groups (broad SMARTS) is 1. The van der Waals surface area contributed by atoms with E-state index in [1.807, 2.05) is 6.92 Å². The van der Waals surface area contributed by atoms with Crippen LogP contribution in [0.5, 0.6) is 0 Å². The minimum atomic E-state index is -3.59. The highest BCUT2D eigenvalue weighted by Crippen LogP contribution is 2.32. The van der Waals surface area contributed by atoms with Crippen molar-refractivity contribution in [2.24, 2.45) is 5.92 Å². The number of rotatable bonds is 6. The van der Waals surface area contributed by atoms with E-state index in [-0.39, 0.29) is 9.77 Å². The highest BCUT2D eigenvalue weighted by Gasteiger charge is 2.31. The van der Waals surface area contributed by atoms with Gasteiger partial charge in [0.05, 0.1) is 4.90 Å². The molecule has 0 radical (unpaired) electrons. The van der Waals surface area contributed by atoms with Gasteiger partial charge in [-0.05, 0) is 31.7 Å². The second-order valence-corrected chi connectivity index (χ2v) is 8.25. The average Bonchev–Trinajstić information content (AvgIpc) is 2.70. The monoisotopic (exact) mass is 317 g/mol. The molecule has 2 rings (SSSR count). The summed E-state index contributed by atoms with van der Waals surface area (Å²) in [4.78, 5) is 11.7. The Hall–Kier alpha value is -0.920. The molecule has 0 unspecified atom stereocenters. The maximum atomic E-state index is 12.6. The number of hydrogen-bond donors (Lipinski definition) is 1. The average molecular weight is 317 g/mol. The van der Waals surface area contributed by atoms with Crippen molar-refractivity contribution < 1.29 is 18.3 Å². The molecule has 1 saturated carbocycles. The van der Waals surface area contributed by atoms with E-state index in [0.29, 0.717) is 23.9 Å². The normalized spacial score (nSPS) is 16.4. The van der Waals surface area contributed by atoms with Gasteiger partial charge in [0.15, 0.2) is 0 Å². The first-order valence-electron chi connectivity index (χ1n) is 6.70. The van der Waals surface area contributed by atoms with Gasteiger partial charge in [-0.25, -0.2) is 13.2 Å². The molecule has 5 nitrogen and oxygen atoms in total. The van der Waals surface area contributed by atoms with Crippen LogP contribution in [-0.2, 0) is 10.0 Å². The maximum absolute atomic E-state index is 12.6. The highest BCUT2D eigenvalue weighted by atomic mass is 32.2. The third kappa shape index (κ3) is 2.89. The van der Waals surface area contributed by atoms with Gasteiger partial charge in [-0.3, -0.25) is 0 Å². The molecule has 1 aromatic rings. The number of carbonyl (C=O) groups is 1. The molecule has 0 aliphatic heterocycles. The fourth-order valence-electron chi connectivity index (χ4n) is 2.33. The standard InChI is InChI=1S/C13H19NO4S2/c1-3-14(8-10-5-4-6-10)20(17,18)12-7-11(13(15)16)19-9(12)2/h7,10H,3-6,8H2,1-2H3,(H,15,16). The van der Waals surface area contributed by atoms with Gasteiger partial charge in [0.25, 0.3) is 0 Å². The van der Waals surface area contributed by atoms with Crippen LogP contribution in [0.1, 0.15) is 40.7 Å². The molecule has 0 amide bonds. The van der Waals surface area contributed by atoms with Crippen LogP contribution in [0.4, 0.5) is 0 Å². The summed E-state index contributed by atoms with van der Waals surface area (Å²) in [7, 11) is -3.59. The largest absolute Gasteiger partial charge is 0.477 e. The summed E-state index contributed by atoms with van der Waals surface area (Å²) < 4.78 is 26.7. The third-order valence-electron chi connectivity index (χ3n) is 3.74. The lowest BCUT2D eigenvalue weighted by molar-refractivity contribution is 0.0702. The van der Waals surface area contributed by atoms with Crippen LogP contribution < -0.4 is 0 Å². The minimum absolute atomic E-state index is 0.0702. The molecule has 1 N–H and O–H groups in total. The Morgan fingerprint density at radius 3 is 2.55 bits per heavy atom. The zero-order valence-corrected chi connectivity index (χ0v) is 13.3. The quantitative estimate of drug-likeness (QED) is 0.875. The molecule has 1 aliphatic carbocycles.